The van der Waals surface area contributed by atoms with E-state index < -0.39 is 0 Å². The lowest BCUT2D eigenvalue weighted by molar-refractivity contribution is -0.113. The van der Waals surface area contributed by atoms with E-state index in [1.165, 1.54) is 28.7 Å². The number of piperidine rings is 1. The topological polar surface area (TPSA) is 48.5 Å². The molecule has 2 saturated heterocycles. The maximum absolute atomic E-state index is 12.8. The highest BCUT2D eigenvalue weighted by atomic mass is 16.5. The highest BCUT2D eigenvalue weighted by molar-refractivity contribution is 5.70. The minimum atomic E-state index is -0.246. The molecule has 3 heterocycles. The quantitative estimate of drug-likeness (QED) is 0.455. The Morgan fingerprint density at radius 2 is 1.58 bits per heavy atom. The number of carbonyl (C=O) groups is 1. The van der Waals surface area contributed by atoms with Gasteiger partial charge in [0.25, 0.3) is 0 Å². The van der Waals surface area contributed by atoms with E-state index in [1.54, 1.807) is 14.2 Å². The number of likely N-dealkylation sites (N-methyl/N-ethyl adjacent to an activating group) is 1. The van der Waals surface area contributed by atoms with Crippen molar-refractivity contribution in [1.29, 1.82) is 0 Å². The van der Waals surface area contributed by atoms with Gasteiger partial charge in [-0.25, -0.2) is 0 Å². The Morgan fingerprint density at radius 1 is 0.895 bits per heavy atom. The summed E-state index contributed by atoms with van der Waals surface area (Å²) in [4.78, 5) is 22.8. The summed E-state index contributed by atoms with van der Waals surface area (Å²) in [6.07, 6.45) is 3.41. The van der Waals surface area contributed by atoms with Crippen molar-refractivity contribution in [3.63, 3.8) is 0 Å². The number of hydrogen-bond acceptors (Lipinski definition) is 7. The van der Waals surface area contributed by atoms with Gasteiger partial charge in [0.2, 0.25) is 0 Å². The third-order valence-corrected chi connectivity index (χ3v) is 9.13. The summed E-state index contributed by atoms with van der Waals surface area (Å²) >= 11 is 0. The van der Waals surface area contributed by atoms with E-state index in [0.717, 1.165) is 83.2 Å². The Morgan fingerprint density at radius 3 is 2.21 bits per heavy atom. The molecule has 206 valence electrons. The Labute approximate surface area is 228 Å². The van der Waals surface area contributed by atoms with Crippen molar-refractivity contribution in [3.05, 3.63) is 53.1 Å². The van der Waals surface area contributed by atoms with Gasteiger partial charge in [-0.05, 0) is 79.8 Å². The molecular formula is C31H44N4O3. The fraction of sp³-hybridized carbons (Fsp3) is 0.581. The second-order valence-corrected chi connectivity index (χ2v) is 10.9. The van der Waals surface area contributed by atoms with Gasteiger partial charge in [-0.1, -0.05) is 32.0 Å². The predicted molar refractivity (Wildman–Crippen MR) is 152 cm³/mol. The van der Waals surface area contributed by atoms with Crippen molar-refractivity contribution in [2.45, 2.75) is 45.3 Å². The number of carbonyl (C=O) groups excluding carboxylic acids is 1. The highest BCUT2D eigenvalue weighted by Gasteiger charge is 2.41. The van der Waals surface area contributed by atoms with E-state index in [0.29, 0.717) is 5.92 Å². The molecule has 3 aliphatic rings. The van der Waals surface area contributed by atoms with Crippen molar-refractivity contribution < 1.29 is 14.3 Å². The number of nitrogens with zero attached hydrogens (tertiary/aromatic N) is 4. The van der Waals surface area contributed by atoms with Gasteiger partial charge in [0.15, 0.2) is 11.5 Å². The monoisotopic (exact) mass is 520 g/mol. The summed E-state index contributed by atoms with van der Waals surface area (Å²) in [7, 11) is 3.37. The van der Waals surface area contributed by atoms with Gasteiger partial charge < -0.3 is 29.0 Å². The van der Waals surface area contributed by atoms with Gasteiger partial charge in [0, 0.05) is 44.5 Å². The molecule has 3 aliphatic heterocycles. The molecule has 2 unspecified atom stereocenters. The molecule has 0 amide bonds. The maximum Gasteiger partial charge on any atom is 0.161 e. The summed E-state index contributed by atoms with van der Waals surface area (Å²) in [6.45, 7) is 13.9. The second kappa shape index (κ2) is 12.1. The molecule has 2 aromatic rings. The van der Waals surface area contributed by atoms with Gasteiger partial charge in [-0.3, -0.25) is 4.90 Å². The largest absolute Gasteiger partial charge is 0.493 e. The molecule has 5 rings (SSSR count). The lowest BCUT2D eigenvalue weighted by atomic mass is 9.83. The van der Waals surface area contributed by atoms with Crippen molar-refractivity contribution in [3.8, 4) is 11.5 Å². The number of fused-ring (bicyclic) bond motifs is 1. The molecule has 7 nitrogen and oxygen atoms in total. The normalized spacial score (nSPS) is 22.3. The van der Waals surface area contributed by atoms with Crippen molar-refractivity contribution in [2.24, 2.45) is 5.92 Å². The number of piperazine rings is 1. The number of ether oxygens (including phenoxy) is 2. The second-order valence-electron chi connectivity index (χ2n) is 10.9. The standard InChI is InChI=1S/C31H44N4O3/c1-5-32-14-12-23(13-15-32)31(24-10-11-29(37-3)30(20-24)38-4)35-21-26-25(28(35)22-36)8-7-9-27(26)34-18-16-33(6-2)17-19-34/h7-11,20,22-23,28,31H,5-6,12-19,21H2,1-4H3. The van der Waals surface area contributed by atoms with Crippen LogP contribution in [0.15, 0.2) is 36.4 Å². The zero-order chi connectivity index (χ0) is 26.6. The first-order valence-corrected chi connectivity index (χ1v) is 14.4. The van der Waals surface area contributed by atoms with Crippen LogP contribution in [0.1, 0.15) is 55.5 Å². The van der Waals surface area contributed by atoms with Gasteiger partial charge in [-0.15, -0.1) is 0 Å². The first kappa shape index (κ1) is 27.0. The van der Waals surface area contributed by atoms with Crippen molar-refractivity contribution >= 4 is 12.0 Å². The Hall–Kier alpha value is -2.61. The number of aldehydes is 1. The summed E-state index contributed by atoms with van der Waals surface area (Å²) in [6, 6.07) is 12.8. The molecule has 0 bridgehead atoms. The first-order valence-electron chi connectivity index (χ1n) is 14.4. The number of hydrogen-bond donors (Lipinski definition) is 0. The average molecular weight is 521 g/mol. The van der Waals surface area contributed by atoms with Crippen LogP contribution in [0.25, 0.3) is 0 Å². The van der Waals surface area contributed by atoms with E-state index in [2.05, 4.69) is 63.8 Å². The Kier molecular flexibility index (Phi) is 8.56. The summed E-state index contributed by atoms with van der Waals surface area (Å²) in [5.41, 5.74) is 5.01. The Bertz CT molecular complexity index is 1090. The Balaban J connectivity index is 1.50. The van der Waals surface area contributed by atoms with E-state index in [9.17, 15) is 4.79 Å². The minimum absolute atomic E-state index is 0.126. The van der Waals surface area contributed by atoms with Gasteiger partial charge in [-0.2, -0.15) is 0 Å². The number of likely N-dealkylation sites (tertiary alicyclic amines) is 1. The molecule has 0 aliphatic carbocycles. The molecule has 0 N–H and O–H groups in total. The summed E-state index contributed by atoms with van der Waals surface area (Å²) in [5.74, 6) is 1.94. The van der Waals surface area contributed by atoms with Crippen LogP contribution >= 0.6 is 0 Å². The van der Waals surface area contributed by atoms with E-state index >= 15 is 0 Å². The molecule has 2 fully saturated rings. The molecule has 2 aromatic carbocycles. The SMILES string of the molecule is CCN1CCC(C(c2ccc(OC)c(OC)c2)N2Cc3c(cccc3N3CCN(CC)CC3)C2C=O)CC1. The number of methoxy groups -OCH3 is 2. The van der Waals surface area contributed by atoms with Crippen LogP contribution in [0.3, 0.4) is 0 Å². The summed E-state index contributed by atoms with van der Waals surface area (Å²) < 4.78 is 11.3. The van der Waals surface area contributed by atoms with Crippen LogP contribution in [0.4, 0.5) is 5.69 Å². The van der Waals surface area contributed by atoms with Crippen molar-refractivity contribution in [2.75, 3.05) is 71.5 Å². The number of benzene rings is 2. The van der Waals surface area contributed by atoms with Crippen LogP contribution in [0, 0.1) is 5.92 Å². The highest BCUT2D eigenvalue weighted by Crippen LogP contribution is 2.48. The third kappa shape index (κ3) is 5.16. The zero-order valence-corrected chi connectivity index (χ0v) is 23.6. The fourth-order valence-corrected chi connectivity index (χ4v) is 6.88. The smallest absolute Gasteiger partial charge is 0.161 e. The maximum atomic E-state index is 12.8. The molecule has 0 saturated carbocycles. The lowest BCUT2D eigenvalue weighted by Crippen LogP contribution is -2.46. The van der Waals surface area contributed by atoms with Crippen LogP contribution < -0.4 is 14.4 Å². The molecule has 2 atom stereocenters. The van der Waals surface area contributed by atoms with E-state index in [1.807, 2.05) is 6.07 Å². The molecular weight excluding hydrogens is 476 g/mol. The van der Waals surface area contributed by atoms with Crippen LogP contribution in [-0.4, -0.2) is 87.6 Å². The van der Waals surface area contributed by atoms with Crippen LogP contribution in [0.5, 0.6) is 11.5 Å². The first-order chi connectivity index (χ1) is 18.6. The molecule has 0 aromatic heterocycles. The van der Waals surface area contributed by atoms with E-state index in [4.69, 9.17) is 9.47 Å². The fourth-order valence-electron chi connectivity index (χ4n) is 6.88. The minimum Gasteiger partial charge on any atom is -0.493 e. The summed E-state index contributed by atoms with van der Waals surface area (Å²) in [5, 5.41) is 0. The molecule has 0 radical (unpaired) electrons. The lowest BCUT2D eigenvalue weighted by Gasteiger charge is -2.41. The van der Waals surface area contributed by atoms with Crippen molar-refractivity contribution in [1.82, 2.24) is 14.7 Å². The average Bonchev–Trinajstić information content (AvgIpc) is 3.35. The number of rotatable bonds is 9. The van der Waals surface area contributed by atoms with Crippen LogP contribution in [-0.2, 0) is 11.3 Å². The molecule has 0 spiro atoms. The zero-order valence-electron chi connectivity index (χ0n) is 23.6. The molecule has 7 heteroatoms. The molecule has 38 heavy (non-hydrogen) atoms. The van der Waals surface area contributed by atoms with E-state index in [-0.39, 0.29) is 12.1 Å². The third-order valence-electron chi connectivity index (χ3n) is 9.13. The van der Waals surface area contributed by atoms with Gasteiger partial charge in [0.1, 0.15) is 6.29 Å². The predicted octanol–water partition coefficient (Wildman–Crippen LogP) is 4.37. The van der Waals surface area contributed by atoms with Gasteiger partial charge in [0.05, 0.1) is 20.3 Å². The van der Waals surface area contributed by atoms with Gasteiger partial charge >= 0.3 is 0 Å². The number of anilines is 1. The van der Waals surface area contributed by atoms with Crippen LogP contribution in [0.2, 0.25) is 0 Å².